The number of nitrogens with zero attached hydrogens (tertiary/aromatic N) is 1. The van der Waals surface area contributed by atoms with Crippen LogP contribution in [0, 0.1) is 0 Å². The van der Waals surface area contributed by atoms with E-state index in [0.717, 1.165) is 103 Å². The van der Waals surface area contributed by atoms with Crippen molar-refractivity contribution in [2.24, 2.45) is 0 Å². The lowest BCUT2D eigenvalue weighted by molar-refractivity contribution is -0.870. The molecule has 0 spiro atoms. The molecule has 0 aliphatic rings. The van der Waals surface area contributed by atoms with Crippen molar-refractivity contribution in [2.45, 2.75) is 277 Å². The van der Waals surface area contributed by atoms with Crippen LogP contribution in [0.5, 0.6) is 0 Å². The van der Waals surface area contributed by atoms with Crippen LogP contribution in [0.2, 0.25) is 0 Å². The molecular formula is C71H121NO8. The van der Waals surface area contributed by atoms with E-state index in [9.17, 15) is 19.5 Å². The number of ether oxygens (including phenoxy) is 4. The summed E-state index contributed by atoms with van der Waals surface area (Å²) in [5, 5.41) is 11.8. The number of carbonyl (C=O) groups is 3. The second kappa shape index (κ2) is 61.0. The highest BCUT2D eigenvalue weighted by molar-refractivity contribution is 5.70. The van der Waals surface area contributed by atoms with E-state index < -0.39 is 24.3 Å². The highest BCUT2D eigenvalue weighted by atomic mass is 16.7. The molecule has 9 nitrogen and oxygen atoms in total. The lowest BCUT2D eigenvalue weighted by Crippen LogP contribution is -2.44. The second-order valence-electron chi connectivity index (χ2n) is 22.7. The van der Waals surface area contributed by atoms with Gasteiger partial charge in [0.15, 0.2) is 12.4 Å². The Labute approximate surface area is 492 Å². The maximum absolute atomic E-state index is 12.9. The molecule has 0 rings (SSSR count). The van der Waals surface area contributed by atoms with Gasteiger partial charge < -0.3 is 33.3 Å². The summed E-state index contributed by atoms with van der Waals surface area (Å²) in [5.74, 6) is -2.29. The SMILES string of the molecule is CC/C=C\C/C=C\C/C=C\C/C=C\C/C=C\C/C=C\C/C=C\C/C=C\CCCCCCCCCCCCCCC(=O)OC(COC(=O)CCCCCCCCC/C=C\CCCCCCCCC)COC(OCC[N+](C)(C)C)C(=O)[O-]. The quantitative estimate of drug-likeness (QED) is 0.0195. The van der Waals surface area contributed by atoms with Crippen LogP contribution in [0.25, 0.3) is 0 Å². The van der Waals surface area contributed by atoms with Crippen molar-refractivity contribution >= 4 is 17.9 Å². The average Bonchev–Trinajstić information content (AvgIpc) is 3.43. The molecule has 0 fully saturated rings. The fourth-order valence-corrected chi connectivity index (χ4v) is 8.78. The Kier molecular flexibility index (Phi) is 57.9. The number of hydrogen-bond donors (Lipinski definition) is 0. The first-order valence-electron chi connectivity index (χ1n) is 32.5. The van der Waals surface area contributed by atoms with Crippen molar-refractivity contribution in [2.75, 3.05) is 47.5 Å². The Hall–Kier alpha value is -4.05. The minimum absolute atomic E-state index is 0.143. The first-order valence-corrected chi connectivity index (χ1v) is 32.5. The predicted octanol–water partition coefficient (Wildman–Crippen LogP) is 18.5. The van der Waals surface area contributed by atoms with Crippen molar-refractivity contribution in [1.29, 1.82) is 0 Å². The van der Waals surface area contributed by atoms with E-state index in [1.54, 1.807) is 0 Å². The van der Waals surface area contributed by atoms with E-state index in [0.29, 0.717) is 17.4 Å². The second-order valence-corrected chi connectivity index (χ2v) is 22.7. The summed E-state index contributed by atoms with van der Waals surface area (Å²) in [6.45, 7) is 4.63. The molecule has 9 heteroatoms. The van der Waals surface area contributed by atoms with Crippen LogP contribution >= 0.6 is 0 Å². The average molecular weight is 1120 g/mol. The van der Waals surface area contributed by atoms with Gasteiger partial charge in [0.2, 0.25) is 0 Å². The van der Waals surface area contributed by atoms with Crippen molar-refractivity contribution in [1.82, 2.24) is 0 Å². The zero-order valence-corrected chi connectivity index (χ0v) is 52.2. The highest BCUT2D eigenvalue weighted by Gasteiger charge is 2.22. The summed E-state index contributed by atoms with van der Waals surface area (Å²) in [4.78, 5) is 37.4. The summed E-state index contributed by atoms with van der Waals surface area (Å²) in [6.07, 6.45) is 81.5. The minimum Gasteiger partial charge on any atom is -0.545 e. The molecular weight excluding hydrogens is 995 g/mol. The first kappa shape index (κ1) is 76.0. The lowest BCUT2D eigenvalue weighted by Gasteiger charge is -2.26. The number of allylic oxidation sites excluding steroid dienone is 18. The maximum Gasteiger partial charge on any atom is 0.306 e. The number of carboxylic acid groups (broad SMARTS) is 1. The van der Waals surface area contributed by atoms with Gasteiger partial charge in [-0.15, -0.1) is 0 Å². The van der Waals surface area contributed by atoms with Gasteiger partial charge in [0.25, 0.3) is 0 Å². The third kappa shape index (κ3) is 61.6. The van der Waals surface area contributed by atoms with Gasteiger partial charge in [0.1, 0.15) is 13.2 Å². The van der Waals surface area contributed by atoms with Crippen molar-refractivity contribution in [3.8, 4) is 0 Å². The molecule has 2 atom stereocenters. The summed E-state index contributed by atoms with van der Waals surface area (Å²) in [6, 6.07) is 0. The van der Waals surface area contributed by atoms with Crippen molar-refractivity contribution < 1.29 is 42.9 Å². The number of unbranched alkanes of at least 4 members (excludes halogenated alkanes) is 26. The lowest BCUT2D eigenvalue weighted by atomic mass is 10.0. The molecule has 0 aromatic carbocycles. The third-order valence-electron chi connectivity index (χ3n) is 13.8. The van der Waals surface area contributed by atoms with Crippen LogP contribution in [-0.2, 0) is 33.3 Å². The van der Waals surface area contributed by atoms with Gasteiger partial charge in [-0.2, -0.15) is 0 Å². The molecule has 0 aliphatic carbocycles. The number of carboxylic acids is 1. The van der Waals surface area contributed by atoms with Crippen LogP contribution in [0.1, 0.15) is 264 Å². The number of aliphatic carboxylic acids is 1. The van der Waals surface area contributed by atoms with Gasteiger partial charge in [-0.3, -0.25) is 9.59 Å². The van der Waals surface area contributed by atoms with Crippen LogP contribution < -0.4 is 5.11 Å². The van der Waals surface area contributed by atoms with Crippen LogP contribution in [0.4, 0.5) is 0 Å². The normalized spacial score (nSPS) is 13.5. The summed E-state index contributed by atoms with van der Waals surface area (Å²) >= 11 is 0. The fraction of sp³-hybridized carbons (Fsp3) is 0.704. The van der Waals surface area contributed by atoms with Crippen LogP contribution in [-0.4, -0.2) is 82.3 Å². The number of carbonyl (C=O) groups excluding carboxylic acids is 3. The molecule has 2 unspecified atom stereocenters. The number of hydrogen-bond acceptors (Lipinski definition) is 8. The smallest absolute Gasteiger partial charge is 0.306 e. The molecule has 0 amide bonds. The number of rotatable bonds is 59. The van der Waals surface area contributed by atoms with E-state index >= 15 is 0 Å². The fourth-order valence-electron chi connectivity index (χ4n) is 8.78. The molecule has 0 bridgehead atoms. The Morgan fingerprint density at radius 3 is 1.07 bits per heavy atom. The molecule has 0 aromatic rings. The van der Waals surface area contributed by atoms with Gasteiger partial charge >= 0.3 is 11.9 Å². The standard InChI is InChI=1S/C71H121NO8/c1-6-8-10-12-14-16-18-20-22-24-26-27-28-29-30-31-32-33-34-35-36-37-38-39-40-41-42-43-44-46-48-50-52-54-56-58-60-62-69(74)80-67(66-79-71(70(75)76)77-64-63-72(3,4)5)65-78-68(73)61-59-57-55-53-51-49-47-45-25-23-21-19-17-15-13-11-9-7-2/h8,10,14,16,20,22-23,25-27,29-30,32-33,35-36,38-39,67,71H,6-7,9,11-13,15,17-19,21,24,28,31,34,37,40-66H2,1-5H3/b10-8-,16-14-,22-20-,25-23-,27-26-,30-29-,33-32-,36-35-,39-38-. The highest BCUT2D eigenvalue weighted by Crippen LogP contribution is 2.16. The zero-order valence-electron chi connectivity index (χ0n) is 52.2. The number of esters is 2. The minimum atomic E-state index is -1.63. The molecule has 458 valence electrons. The van der Waals surface area contributed by atoms with E-state index in [-0.39, 0.29) is 38.6 Å². The molecule has 0 saturated carbocycles. The third-order valence-corrected chi connectivity index (χ3v) is 13.8. The molecule has 0 radical (unpaired) electrons. The largest absolute Gasteiger partial charge is 0.545 e. The van der Waals surface area contributed by atoms with Gasteiger partial charge in [-0.1, -0.05) is 258 Å². The summed E-state index contributed by atoms with van der Waals surface area (Å²) in [7, 11) is 5.92. The summed E-state index contributed by atoms with van der Waals surface area (Å²) in [5.41, 5.74) is 0. The van der Waals surface area contributed by atoms with E-state index in [2.05, 4.69) is 123 Å². The van der Waals surface area contributed by atoms with E-state index in [4.69, 9.17) is 18.9 Å². The molecule has 80 heavy (non-hydrogen) atoms. The zero-order chi connectivity index (χ0) is 58.3. The van der Waals surface area contributed by atoms with Gasteiger partial charge in [-0.25, -0.2) is 0 Å². The monoisotopic (exact) mass is 1120 g/mol. The number of likely N-dealkylation sites (N-methyl/N-ethyl adjacent to an activating group) is 1. The van der Waals surface area contributed by atoms with E-state index in [1.807, 2.05) is 21.1 Å². The Bertz CT molecular complexity index is 1680. The molecule has 0 heterocycles. The number of quaternary nitrogens is 1. The van der Waals surface area contributed by atoms with Crippen molar-refractivity contribution in [3.63, 3.8) is 0 Å². The first-order chi connectivity index (χ1) is 39.1. The summed E-state index contributed by atoms with van der Waals surface area (Å²) < 4.78 is 22.7. The predicted molar refractivity (Wildman–Crippen MR) is 338 cm³/mol. The van der Waals surface area contributed by atoms with Gasteiger partial charge in [0, 0.05) is 12.8 Å². The Balaban J connectivity index is 4.15. The molecule has 0 saturated heterocycles. The molecule has 0 N–H and O–H groups in total. The Morgan fingerprint density at radius 1 is 0.388 bits per heavy atom. The molecule has 0 aromatic heterocycles. The van der Waals surface area contributed by atoms with Crippen LogP contribution in [0.15, 0.2) is 109 Å². The topological polar surface area (TPSA) is 111 Å². The van der Waals surface area contributed by atoms with Gasteiger partial charge in [0.05, 0.1) is 40.3 Å². The van der Waals surface area contributed by atoms with Gasteiger partial charge in [-0.05, 0) is 103 Å². The molecule has 0 aliphatic heterocycles. The van der Waals surface area contributed by atoms with Crippen molar-refractivity contribution in [3.05, 3.63) is 109 Å². The van der Waals surface area contributed by atoms with E-state index in [1.165, 1.54) is 128 Å². The van der Waals surface area contributed by atoms with Crippen LogP contribution in [0.3, 0.4) is 0 Å². The maximum atomic E-state index is 12.9. The Morgan fingerprint density at radius 2 is 0.713 bits per heavy atom.